The number of aromatic nitrogens is 2. The van der Waals surface area contributed by atoms with Gasteiger partial charge >= 0.3 is 0 Å². The van der Waals surface area contributed by atoms with Gasteiger partial charge in [-0.3, -0.25) is 0 Å². The van der Waals surface area contributed by atoms with Crippen molar-refractivity contribution < 1.29 is 8.78 Å². The Morgan fingerprint density at radius 2 is 2.00 bits per heavy atom. The van der Waals surface area contributed by atoms with Gasteiger partial charge < -0.3 is 10.7 Å². The first-order chi connectivity index (χ1) is 10.0. The number of benzene rings is 1. The zero-order valence-electron chi connectivity index (χ0n) is 11.0. The van der Waals surface area contributed by atoms with E-state index in [0.29, 0.717) is 16.5 Å². The molecule has 0 unspecified atom stereocenters. The lowest BCUT2D eigenvalue weighted by Crippen LogP contribution is -1.99. The highest BCUT2D eigenvalue weighted by molar-refractivity contribution is 5.96. The van der Waals surface area contributed by atoms with Crippen molar-refractivity contribution in [3.63, 3.8) is 0 Å². The molecule has 2 aromatic heterocycles. The van der Waals surface area contributed by atoms with Crippen LogP contribution in [0.2, 0.25) is 0 Å². The summed E-state index contributed by atoms with van der Waals surface area (Å²) in [4.78, 5) is 6.74. The highest BCUT2D eigenvalue weighted by Gasteiger charge is 2.17. The molecule has 0 aliphatic rings. The number of nitrogens with two attached hydrogens (primary N) is 1. The predicted molar refractivity (Wildman–Crippen MR) is 75.3 cm³/mol. The number of fused-ring (bicyclic) bond motifs is 1. The molecular formula is C15H10F2N4. The Morgan fingerprint density at radius 1 is 1.24 bits per heavy atom. The van der Waals surface area contributed by atoms with E-state index in [9.17, 15) is 8.78 Å². The molecule has 0 bridgehead atoms. The molecule has 0 saturated carbocycles. The van der Waals surface area contributed by atoms with Crippen molar-refractivity contribution in [2.75, 3.05) is 5.73 Å². The van der Waals surface area contributed by atoms with Gasteiger partial charge in [0.2, 0.25) is 0 Å². The second kappa shape index (κ2) is 4.56. The number of nitrogens with zero attached hydrogens (tertiary/aromatic N) is 2. The molecule has 104 valence electrons. The number of aryl methyl sites for hydroxylation is 1. The van der Waals surface area contributed by atoms with E-state index in [1.165, 1.54) is 12.3 Å². The smallest absolute Gasteiger partial charge is 0.166 e. The van der Waals surface area contributed by atoms with Gasteiger partial charge in [0, 0.05) is 17.1 Å². The number of halogens is 2. The first-order valence-electron chi connectivity index (χ1n) is 6.15. The molecule has 0 aliphatic carbocycles. The molecule has 0 aliphatic heterocycles. The first kappa shape index (κ1) is 13.1. The van der Waals surface area contributed by atoms with Crippen LogP contribution in [0.15, 0.2) is 24.4 Å². The van der Waals surface area contributed by atoms with E-state index in [0.717, 1.165) is 11.6 Å². The number of pyridine rings is 1. The summed E-state index contributed by atoms with van der Waals surface area (Å²) in [5, 5.41) is 9.70. The van der Waals surface area contributed by atoms with Crippen molar-refractivity contribution in [1.82, 2.24) is 9.97 Å². The van der Waals surface area contributed by atoms with Crippen molar-refractivity contribution in [3.05, 3.63) is 47.2 Å². The van der Waals surface area contributed by atoms with Gasteiger partial charge in [-0.15, -0.1) is 0 Å². The van der Waals surface area contributed by atoms with Crippen LogP contribution in [0.25, 0.3) is 22.2 Å². The number of nitriles is 1. The predicted octanol–water partition coefficient (Wildman–Crippen LogP) is 3.27. The Hall–Kier alpha value is -2.94. The maximum atomic E-state index is 13.9. The zero-order valence-corrected chi connectivity index (χ0v) is 11.0. The molecule has 0 radical (unpaired) electrons. The Bertz CT molecular complexity index is 906. The lowest BCUT2D eigenvalue weighted by Gasteiger charge is -2.05. The minimum absolute atomic E-state index is 0.0458. The number of aromatic amines is 1. The molecule has 1 aromatic carbocycles. The van der Waals surface area contributed by atoms with Gasteiger partial charge in [0.15, 0.2) is 11.6 Å². The van der Waals surface area contributed by atoms with Crippen molar-refractivity contribution in [2.45, 2.75) is 6.92 Å². The lowest BCUT2D eigenvalue weighted by atomic mass is 10.0. The van der Waals surface area contributed by atoms with Crippen LogP contribution in [0.4, 0.5) is 14.6 Å². The minimum atomic E-state index is -0.752. The number of rotatable bonds is 1. The molecule has 3 N–H and O–H groups in total. The standard InChI is InChI=1S/C15H10F2N4/c1-7-2-9-10(6-20-14(9)11(16)3-7)13-8(5-18)4-12(17)15(19)21-13/h2-4,6,20H,1H3,(H2,19,21). The molecule has 0 saturated heterocycles. The second-order valence-corrected chi connectivity index (χ2v) is 4.74. The van der Waals surface area contributed by atoms with Crippen molar-refractivity contribution >= 4 is 16.7 Å². The van der Waals surface area contributed by atoms with Crippen LogP contribution < -0.4 is 5.73 Å². The van der Waals surface area contributed by atoms with Gasteiger partial charge in [0.1, 0.15) is 11.9 Å². The van der Waals surface area contributed by atoms with E-state index in [-0.39, 0.29) is 17.1 Å². The Kier molecular flexibility index (Phi) is 2.84. The molecule has 0 atom stereocenters. The quantitative estimate of drug-likeness (QED) is 0.719. The van der Waals surface area contributed by atoms with Crippen LogP contribution in [0, 0.1) is 29.9 Å². The summed E-state index contributed by atoms with van der Waals surface area (Å²) in [7, 11) is 0. The van der Waals surface area contributed by atoms with E-state index >= 15 is 0 Å². The van der Waals surface area contributed by atoms with Crippen LogP contribution >= 0.6 is 0 Å². The van der Waals surface area contributed by atoms with Gasteiger partial charge in [0.25, 0.3) is 0 Å². The summed E-state index contributed by atoms with van der Waals surface area (Å²) in [6.45, 7) is 1.76. The van der Waals surface area contributed by atoms with Crippen molar-refractivity contribution in [2.24, 2.45) is 0 Å². The van der Waals surface area contributed by atoms with Gasteiger partial charge in [-0.2, -0.15) is 5.26 Å². The summed E-state index contributed by atoms with van der Waals surface area (Å²) in [6.07, 6.45) is 1.54. The third kappa shape index (κ3) is 1.99. The summed E-state index contributed by atoms with van der Waals surface area (Å²) in [5.41, 5.74) is 7.30. The number of nitrogens with one attached hydrogen (secondary N) is 1. The van der Waals surface area contributed by atoms with E-state index in [1.807, 2.05) is 6.07 Å². The molecular weight excluding hydrogens is 274 g/mol. The van der Waals surface area contributed by atoms with Crippen LogP contribution in [0.1, 0.15) is 11.1 Å². The molecule has 6 heteroatoms. The highest BCUT2D eigenvalue weighted by atomic mass is 19.1. The van der Waals surface area contributed by atoms with Crippen molar-refractivity contribution in [1.29, 1.82) is 5.26 Å². The van der Waals surface area contributed by atoms with Crippen LogP contribution in [0.5, 0.6) is 0 Å². The van der Waals surface area contributed by atoms with Crippen molar-refractivity contribution in [3.8, 4) is 17.3 Å². The van der Waals surface area contributed by atoms with E-state index in [4.69, 9.17) is 11.0 Å². The average Bonchev–Trinajstić information content (AvgIpc) is 2.85. The normalized spacial score (nSPS) is 10.8. The van der Waals surface area contributed by atoms with Crippen LogP contribution in [0.3, 0.4) is 0 Å². The van der Waals surface area contributed by atoms with E-state index < -0.39 is 11.6 Å². The summed E-state index contributed by atoms with van der Waals surface area (Å²) < 4.78 is 27.3. The summed E-state index contributed by atoms with van der Waals surface area (Å²) in [6, 6.07) is 6.08. The van der Waals surface area contributed by atoms with Gasteiger partial charge in [-0.25, -0.2) is 13.8 Å². The molecule has 3 rings (SSSR count). The minimum Gasteiger partial charge on any atom is -0.381 e. The SMILES string of the molecule is Cc1cc(F)c2[nH]cc(-c3nc(N)c(F)cc3C#N)c2c1. The number of anilines is 1. The Labute approximate surface area is 118 Å². The molecule has 0 fully saturated rings. The molecule has 0 amide bonds. The number of H-pyrrole nitrogens is 1. The topological polar surface area (TPSA) is 78.5 Å². The largest absolute Gasteiger partial charge is 0.381 e. The number of nitrogen functional groups attached to an aromatic ring is 1. The Balaban J connectivity index is 2.36. The zero-order chi connectivity index (χ0) is 15.1. The molecule has 21 heavy (non-hydrogen) atoms. The first-order valence-corrected chi connectivity index (χ1v) is 6.15. The van der Waals surface area contributed by atoms with Crippen LogP contribution in [-0.2, 0) is 0 Å². The monoisotopic (exact) mass is 284 g/mol. The lowest BCUT2D eigenvalue weighted by molar-refractivity contribution is 0.627. The molecule has 4 nitrogen and oxygen atoms in total. The fourth-order valence-electron chi connectivity index (χ4n) is 2.31. The fourth-order valence-corrected chi connectivity index (χ4v) is 2.31. The average molecular weight is 284 g/mol. The van der Waals surface area contributed by atoms with E-state index in [1.54, 1.807) is 13.0 Å². The second-order valence-electron chi connectivity index (χ2n) is 4.74. The molecule has 2 heterocycles. The molecule has 0 spiro atoms. The van der Waals surface area contributed by atoms with Crippen LogP contribution in [-0.4, -0.2) is 9.97 Å². The highest BCUT2D eigenvalue weighted by Crippen LogP contribution is 2.32. The molecule has 3 aromatic rings. The third-order valence-electron chi connectivity index (χ3n) is 3.26. The van der Waals surface area contributed by atoms with Gasteiger partial charge in [-0.1, -0.05) is 0 Å². The van der Waals surface area contributed by atoms with Gasteiger partial charge in [0.05, 0.1) is 16.8 Å². The Morgan fingerprint density at radius 3 is 2.71 bits per heavy atom. The summed E-state index contributed by atoms with van der Waals surface area (Å²) >= 11 is 0. The maximum Gasteiger partial charge on any atom is 0.166 e. The summed E-state index contributed by atoms with van der Waals surface area (Å²) in [5.74, 6) is -1.45. The number of hydrogen-bond acceptors (Lipinski definition) is 3. The van der Waals surface area contributed by atoms with Gasteiger partial charge in [-0.05, 0) is 30.7 Å². The fraction of sp³-hybridized carbons (Fsp3) is 0.0667. The third-order valence-corrected chi connectivity index (χ3v) is 3.26. The maximum absolute atomic E-state index is 13.9. The number of hydrogen-bond donors (Lipinski definition) is 2. The van der Waals surface area contributed by atoms with E-state index in [2.05, 4.69) is 9.97 Å².